The molecule has 30 heavy (non-hydrogen) atoms. The van der Waals surface area contributed by atoms with Gasteiger partial charge in [0.05, 0.1) is 19.3 Å². The molecular weight excluding hydrogens is 378 g/mol. The molecule has 4 rings (SSSR count). The maximum absolute atomic E-state index is 13.2. The molecule has 1 aliphatic heterocycles. The van der Waals surface area contributed by atoms with Gasteiger partial charge in [-0.05, 0) is 67.9 Å². The topological polar surface area (TPSA) is 55.7 Å². The van der Waals surface area contributed by atoms with E-state index in [9.17, 15) is 4.79 Å². The molecule has 0 aliphatic carbocycles. The van der Waals surface area contributed by atoms with E-state index < -0.39 is 0 Å². The van der Waals surface area contributed by atoms with Crippen LogP contribution in [-0.4, -0.2) is 35.3 Å². The van der Waals surface area contributed by atoms with Crippen molar-refractivity contribution >= 4 is 11.7 Å². The molecule has 1 atom stereocenters. The van der Waals surface area contributed by atoms with E-state index in [2.05, 4.69) is 22.1 Å². The lowest BCUT2D eigenvalue weighted by molar-refractivity contribution is 0.182. The third-order valence-corrected chi connectivity index (χ3v) is 5.22. The van der Waals surface area contributed by atoms with Crippen LogP contribution in [0.2, 0.25) is 0 Å². The molecule has 6 nitrogen and oxygen atoms in total. The normalized spacial score (nSPS) is 15.4. The number of nitrogens with zero attached hydrogens (tertiary/aromatic N) is 2. The summed E-state index contributed by atoms with van der Waals surface area (Å²) >= 11 is 0. The third-order valence-electron chi connectivity index (χ3n) is 5.22. The molecule has 3 aromatic rings. The number of amides is 2. The van der Waals surface area contributed by atoms with Gasteiger partial charge in [-0.25, -0.2) is 4.79 Å². The molecule has 6 heteroatoms. The van der Waals surface area contributed by atoms with E-state index >= 15 is 0 Å². The standard InChI is InChI=1S/C24H27N3O3/c1-3-29-20-11-7-18(8-12-20)23-22-6-5-15-26(22)16-17-27(23)24(28)25-19-9-13-21(14-10-19)30-4-2/h5-15,23H,3-4,16-17H2,1-2H3,(H,25,28)/t23-/m1/s1. The lowest BCUT2D eigenvalue weighted by Gasteiger charge is -2.37. The first-order valence-electron chi connectivity index (χ1n) is 10.4. The molecule has 0 saturated heterocycles. The Morgan fingerprint density at radius 1 is 0.933 bits per heavy atom. The number of nitrogens with one attached hydrogen (secondary N) is 1. The molecule has 156 valence electrons. The van der Waals surface area contributed by atoms with Crippen LogP contribution in [0.15, 0.2) is 66.9 Å². The Morgan fingerprint density at radius 3 is 2.20 bits per heavy atom. The van der Waals surface area contributed by atoms with Gasteiger partial charge in [-0.2, -0.15) is 0 Å². The summed E-state index contributed by atoms with van der Waals surface area (Å²) in [4.78, 5) is 15.1. The van der Waals surface area contributed by atoms with Gasteiger partial charge in [-0.1, -0.05) is 12.1 Å². The zero-order valence-electron chi connectivity index (χ0n) is 17.4. The highest BCUT2D eigenvalue weighted by molar-refractivity contribution is 5.90. The molecule has 1 aliphatic rings. The minimum atomic E-state index is -0.160. The number of carbonyl (C=O) groups excluding carboxylic acids is 1. The molecule has 2 amide bonds. The van der Waals surface area contributed by atoms with E-state index in [0.29, 0.717) is 19.8 Å². The largest absolute Gasteiger partial charge is 0.494 e. The fraction of sp³-hybridized carbons (Fsp3) is 0.292. The van der Waals surface area contributed by atoms with Crippen molar-refractivity contribution in [1.29, 1.82) is 0 Å². The van der Waals surface area contributed by atoms with Gasteiger partial charge >= 0.3 is 6.03 Å². The van der Waals surface area contributed by atoms with Crippen molar-refractivity contribution in [2.75, 3.05) is 25.1 Å². The molecule has 1 aromatic heterocycles. The Balaban J connectivity index is 1.58. The molecule has 2 heterocycles. The summed E-state index contributed by atoms with van der Waals surface area (Å²) in [6, 6.07) is 19.3. The minimum absolute atomic E-state index is 0.120. The van der Waals surface area contributed by atoms with Crippen LogP contribution in [0.5, 0.6) is 11.5 Å². The Kier molecular flexibility index (Phi) is 5.93. The maximum Gasteiger partial charge on any atom is 0.322 e. The zero-order valence-corrected chi connectivity index (χ0v) is 17.4. The smallest absolute Gasteiger partial charge is 0.322 e. The monoisotopic (exact) mass is 405 g/mol. The lowest BCUT2D eigenvalue weighted by Crippen LogP contribution is -2.44. The number of aromatic nitrogens is 1. The second kappa shape index (κ2) is 8.95. The molecule has 0 bridgehead atoms. The second-order valence-corrected chi connectivity index (χ2v) is 7.11. The molecule has 0 radical (unpaired) electrons. The predicted molar refractivity (Wildman–Crippen MR) is 117 cm³/mol. The van der Waals surface area contributed by atoms with Crippen molar-refractivity contribution in [3.8, 4) is 11.5 Å². The third kappa shape index (κ3) is 4.13. The summed E-state index contributed by atoms with van der Waals surface area (Å²) in [5, 5.41) is 3.03. The van der Waals surface area contributed by atoms with Crippen molar-refractivity contribution in [3.63, 3.8) is 0 Å². The zero-order chi connectivity index (χ0) is 20.9. The number of hydrogen-bond donors (Lipinski definition) is 1. The highest BCUT2D eigenvalue weighted by atomic mass is 16.5. The van der Waals surface area contributed by atoms with E-state index in [4.69, 9.17) is 9.47 Å². The van der Waals surface area contributed by atoms with Crippen LogP contribution in [-0.2, 0) is 6.54 Å². The molecule has 0 saturated carbocycles. The van der Waals surface area contributed by atoms with E-state index in [-0.39, 0.29) is 12.1 Å². The van der Waals surface area contributed by atoms with Gasteiger partial charge in [0.1, 0.15) is 11.5 Å². The molecule has 0 unspecified atom stereocenters. The van der Waals surface area contributed by atoms with Crippen molar-refractivity contribution in [2.24, 2.45) is 0 Å². The van der Waals surface area contributed by atoms with Gasteiger partial charge in [-0.15, -0.1) is 0 Å². The average molecular weight is 405 g/mol. The van der Waals surface area contributed by atoms with Crippen LogP contribution in [0.1, 0.15) is 31.1 Å². The second-order valence-electron chi connectivity index (χ2n) is 7.11. The van der Waals surface area contributed by atoms with Crippen LogP contribution in [0.25, 0.3) is 0 Å². The average Bonchev–Trinajstić information content (AvgIpc) is 3.24. The van der Waals surface area contributed by atoms with E-state index in [1.165, 1.54) is 0 Å². The van der Waals surface area contributed by atoms with Gasteiger partial charge in [0.15, 0.2) is 0 Å². The quantitative estimate of drug-likeness (QED) is 0.633. The minimum Gasteiger partial charge on any atom is -0.494 e. The van der Waals surface area contributed by atoms with Gasteiger partial charge < -0.3 is 24.3 Å². The number of hydrogen-bond acceptors (Lipinski definition) is 3. The Labute approximate surface area is 177 Å². The fourth-order valence-corrected chi connectivity index (χ4v) is 3.86. The Morgan fingerprint density at radius 2 is 1.57 bits per heavy atom. The molecule has 1 N–H and O–H groups in total. The number of rotatable bonds is 6. The summed E-state index contributed by atoms with van der Waals surface area (Å²) < 4.78 is 13.3. The predicted octanol–water partition coefficient (Wildman–Crippen LogP) is 4.92. The van der Waals surface area contributed by atoms with E-state index in [0.717, 1.165) is 35.0 Å². The van der Waals surface area contributed by atoms with Crippen molar-refractivity contribution in [1.82, 2.24) is 9.47 Å². The first-order chi connectivity index (χ1) is 14.7. The number of anilines is 1. The lowest BCUT2D eigenvalue weighted by atomic mass is 10.00. The van der Waals surface area contributed by atoms with Gasteiger partial charge in [0.2, 0.25) is 0 Å². The Bertz CT molecular complexity index is 980. The molecule has 0 fully saturated rings. The summed E-state index contributed by atoms with van der Waals surface area (Å²) in [5.74, 6) is 1.62. The summed E-state index contributed by atoms with van der Waals surface area (Å²) in [5.41, 5.74) is 2.90. The van der Waals surface area contributed by atoms with Crippen LogP contribution in [0, 0.1) is 0 Å². The van der Waals surface area contributed by atoms with Crippen LogP contribution < -0.4 is 14.8 Å². The number of urea groups is 1. The summed E-state index contributed by atoms with van der Waals surface area (Å²) in [6.07, 6.45) is 2.07. The van der Waals surface area contributed by atoms with E-state index in [1.807, 2.05) is 73.3 Å². The van der Waals surface area contributed by atoms with Crippen molar-refractivity contribution < 1.29 is 14.3 Å². The van der Waals surface area contributed by atoms with Gasteiger partial charge in [0, 0.05) is 30.7 Å². The molecule has 0 spiro atoms. The maximum atomic E-state index is 13.2. The van der Waals surface area contributed by atoms with Gasteiger partial charge in [-0.3, -0.25) is 0 Å². The number of ether oxygens (including phenoxy) is 2. The first-order valence-corrected chi connectivity index (χ1v) is 10.4. The Hall–Kier alpha value is -3.41. The first kappa shape index (κ1) is 19.9. The SMILES string of the molecule is CCOc1ccc(NC(=O)N2CCn3cccc3[C@H]2c2ccc(OCC)cc2)cc1. The molecular formula is C24H27N3O3. The van der Waals surface area contributed by atoms with E-state index in [1.54, 1.807) is 0 Å². The number of carbonyl (C=O) groups is 1. The number of benzene rings is 2. The van der Waals surface area contributed by atoms with Crippen molar-refractivity contribution in [2.45, 2.75) is 26.4 Å². The highest BCUT2D eigenvalue weighted by Gasteiger charge is 2.32. The van der Waals surface area contributed by atoms with Crippen LogP contribution in [0.4, 0.5) is 10.5 Å². The van der Waals surface area contributed by atoms with Crippen LogP contribution in [0.3, 0.4) is 0 Å². The summed E-state index contributed by atoms with van der Waals surface area (Å²) in [7, 11) is 0. The van der Waals surface area contributed by atoms with Crippen molar-refractivity contribution in [3.05, 3.63) is 78.1 Å². The van der Waals surface area contributed by atoms with Gasteiger partial charge in [0.25, 0.3) is 0 Å². The highest BCUT2D eigenvalue weighted by Crippen LogP contribution is 2.33. The van der Waals surface area contributed by atoms with Crippen LogP contribution >= 0.6 is 0 Å². The summed E-state index contributed by atoms with van der Waals surface area (Å²) in [6.45, 7) is 6.55. The fourth-order valence-electron chi connectivity index (χ4n) is 3.86. The number of fused-ring (bicyclic) bond motifs is 1. The molecule has 2 aromatic carbocycles.